The molecule has 9 nitrogen and oxygen atoms in total. The average molecular weight is 462 g/mol. The van der Waals surface area contributed by atoms with Gasteiger partial charge in [0.1, 0.15) is 29.2 Å². The highest BCUT2D eigenvalue weighted by Gasteiger charge is 2.21. The fourth-order valence-corrected chi connectivity index (χ4v) is 3.27. The predicted octanol–water partition coefficient (Wildman–Crippen LogP) is 3.42. The van der Waals surface area contributed by atoms with Crippen molar-refractivity contribution < 1.29 is 18.7 Å². The first kappa shape index (κ1) is 22.7. The topological polar surface area (TPSA) is 103 Å². The Labute approximate surface area is 195 Å². The van der Waals surface area contributed by atoms with Crippen molar-refractivity contribution in [3.05, 3.63) is 95.8 Å². The Kier molecular flexibility index (Phi) is 6.97. The number of amides is 1. The van der Waals surface area contributed by atoms with E-state index in [4.69, 9.17) is 9.47 Å². The summed E-state index contributed by atoms with van der Waals surface area (Å²) < 4.78 is 25.5. The molecule has 1 unspecified atom stereocenters. The lowest BCUT2D eigenvalue weighted by Crippen LogP contribution is -2.34. The molecule has 174 valence electrons. The number of rotatable bonds is 9. The zero-order valence-electron chi connectivity index (χ0n) is 18.6. The number of pyridine rings is 1. The van der Waals surface area contributed by atoms with E-state index in [9.17, 15) is 9.18 Å². The van der Waals surface area contributed by atoms with Crippen LogP contribution < -0.4 is 20.1 Å². The van der Waals surface area contributed by atoms with Gasteiger partial charge in [-0.05, 0) is 42.0 Å². The third-order valence-electron chi connectivity index (χ3n) is 5.02. The number of hydrogen-bond acceptors (Lipinski definition) is 7. The Morgan fingerprint density at radius 2 is 1.94 bits per heavy atom. The summed E-state index contributed by atoms with van der Waals surface area (Å²) in [6, 6.07) is 14.8. The molecule has 2 aromatic carbocycles. The molecule has 1 amide bonds. The number of ether oxygens (including phenoxy) is 2. The van der Waals surface area contributed by atoms with Crippen LogP contribution in [0.5, 0.6) is 11.5 Å². The second kappa shape index (κ2) is 10.4. The maximum Gasteiger partial charge on any atom is 0.254 e. The van der Waals surface area contributed by atoms with Crippen LogP contribution in [0.25, 0.3) is 0 Å². The smallest absolute Gasteiger partial charge is 0.254 e. The molecular formula is C24H23FN6O3. The Hall–Kier alpha value is -4.47. The maximum absolute atomic E-state index is 13.2. The highest BCUT2D eigenvalue weighted by Crippen LogP contribution is 2.31. The minimum absolute atomic E-state index is 0.307. The molecule has 1 atom stereocenters. The summed E-state index contributed by atoms with van der Waals surface area (Å²) in [5, 5.41) is 14.6. The van der Waals surface area contributed by atoms with Crippen molar-refractivity contribution in [1.29, 1.82) is 0 Å². The summed E-state index contributed by atoms with van der Waals surface area (Å²) in [7, 11) is 3.11. The van der Waals surface area contributed by atoms with E-state index in [-0.39, 0.29) is 11.7 Å². The number of nitrogens with one attached hydrogen (secondary N) is 2. The van der Waals surface area contributed by atoms with Crippen molar-refractivity contribution in [2.24, 2.45) is 0 Å². The van der Waals surface area contributed by atoms with Gasteiger partial charge in [0.25, 0.3) is 5.91 Å². The number of hydrogen-bond donors (Lipinski definition) is 2. The number of halogens is 1. The van der Waals surface area contributed by atoms with Gasteiger partial charge >= 0.3 is 0 Å². The molecule has 0 fully saturated rings. The first-order chi connectivity index (χ1) is 16.6. The normalized spacial score (nSPS) is 11.5. The van der Waals surface area contributed by atoms with Crippen LogP contribution >= 0.6 is 0 Å². The Morgan fingerprint density at radius 3 is 2.65 bits per heavy atom. The Balaban J connectivity index is 1.60. The third-order valence-corrected chi connectivity index (χ3v) is 5.02. The molecular weight excluding hydrogens is 439 g/mol. The van der Waals surface area contributed by atoms with Crippen molar-refractivity contribution in [2.45, 2.75) is 12.7 Å². The minimum atomic E-state index is -0.739. The molecule has 4 aromatic rings. The number of benzene rings is 2. The molecule has 2 aromatic heterocycles. The van der Waals surface area contributed by atoms with Crippen LogP contribution in [0.15, 0.2) is 73.2 Å². The number of nitrogens with zero attached hydrogens (tertiary/aromatic N) is 4. The zero-order chi connectivity index (χ0) is 23.9. The van der Waals surface area contributed by atoms with Gasteiger partial charge in [-0.3, -0.25) is 9.78 Å². The molecule has 2 N–H and O–H groups in total. The summed E-state index contributed by atoms with van der Waals surface area (Å²) in [6.45, 7) is 0.391. The van der Waals surface area contributed by atoms with Gasteiger partial charge in [-0.15, -0.1) is 5.10 Å². The monoisotopic (exact) mass is 462 g/mol. The summed E-state index contributed by atoms with van der Waals surface area (Å²) in [4.78, 5) is 16.9. The van der Waals surface area contributed by atoms with Gasteiger partial charge in [0.15, 0.2) is 0 Å². The largest absolute Gasteiger partial charge is 0.497 e. The van der Waals surface area contributed by atoms with Crippen molar-refractivity contribution in [2.75, 3.05) is 19.5 Å². The SMILES string of the molecule is COc1ccc(NC(NC(=O)c2cccnc2)c2cn(Cc3ccc(F)cc3)nn2)c(OC)c1. The average Bonchev–Trinajstić information content (AvgIpc) is 3.34. The Bertz CT molecular complexity index is 1250. The van der Waals surface area contributed by atoms with Crippen molar-refractivity contribution >= 4 is 11.6 Å². The minimum Gasteiger partial charge on any atom is -0.497 e. The number of carbonyl (C=O) groups is 1. The summed E-state index contributed by atoms with van der Waals surface area (Å²) in [6.07, 6.45) is 4.04. The van der Waals surface area contributed by atoms with Crippen molar-refractivity contribution in [3.8, 4) is 11.5 Å². The van der Waals surface area contributed by atoms with Crippen LogP contribution in [0.1, 0.15) is 27.8 Å². The van der Waals surface area contributed by atoms with Gasteiger partial charge in [0.05, 0.1) is 38.2 Å². The van der Waals surface area contributed by atoms with E-state index in [0.29, 0.717) is 35.0 Å². The summed E-state index contributed by atoms with van der Waals surface area (Å²) >= 11 is 0. The van der Waals surface area contributed by atoms with Gasteiger partial charge in [-0.1, -0.05) is 17.3 Å². The van der Waals surface area contributed by atoms with E-state index in [0.717, 1.165) is 5.56 Å². The molecule has 0 bridgehead atoms. The van der Waals surface area contributed by atoms with Gasteiger partial charge in [-0.2, -0.15) is 0 Å². The fraction of sp³-hybridized carbons (Fsp3) is 0.167. The predicted molar refractivity (Wildman–Crippen MR) is 123 cm³/mol. The van der Waals surface area contributed by atoms with E-state index in [2.05, 4.69) is 25.9 Å². The van der Waals surface area contributed by atoms with Gasteiger partial charge in [0, 0.05) is 18.5 Å². The first-order valence-electron chi connectivity index (χ1n) is 10.4. The van der Waals surface area contributed by atoms with Crippen LogP contribution in [0.4, 0.5) is 10.1 Å². The molecule has 34 heavy (non-hydrogen) atoms. The molecule has 4 rings (SSSR count). The lowest BCUT2D eigenvalue weighted by atomic mass is 10.2. The second-order valence-corrected chi connectivity index (χ2v) is 7.33. The number of aromatic nitrogens is 4. The number of anilines is 1. The van der Waals surface area contributed by atoms with Crippen LogP contribution in [0.3, 0.4) is 0 Å². The first-order valence-corrected chi connectivity index (χ1v) is 10.4. The summed E-state index contributed by atoms with van der Waals surface area (Å²) in [5.74, 6) is 0.507. The van der Waals surface area contributed by atoms with Crippen molar-refractivity contribution in [3.63, 3.8) is 0 Å². The van der Waals surface area contributed by atoms with Crippen LogP contribution in [-0.2, 0) is 6.54 Å². The standard InChI is InChI=1S/C24H23FN6O3/c1-33-19-9-10-20(22(12-19)34-2)27-23(28-24(32)17-4-3-11-26-13-17)21-15-31(30-29-21)14-16-5-7-18(25)8-6-16/h3-13,15,23,27H,14H2,1-2H3,(H,28,32). The fourth-order valence-electron chi connectivity index (χ4n) is 3.27. The van der Waals surface area contributed by atoms with E-state index in [1.54, 1.807) is 73.8 Å². The lowest BCUT2D eigenvalue weighted by Gasteiger charge is -2.21. The second-order valence-electron chi connectivity index (χ2n) is 7.33. The highest BCUT2D eigenvalue weighted by atomic mass is 19.1. The van der Waals surface area contributed by atoms with E-state index in [1.807, 2.05) is 0 Å². The quantitative estimate of drug-likeness (QED) is 0.368. The Morgan fingerprint density at radius 1 is 1.12 bits per heavy atom. The highest BCUT2D eigenvalue weighted by molar-refractivity contribution is 5.94. The number of methoxy groups -OCH3 is 2. The summed E-state index contributed by atoms with van der Waals surface area (Å²) in [5.41, 5.74) is 2.35. The molecule has 0 saturated heterocycles. The van der Waals surface area contributed by atoms with E-state index in [1.165, 1.54) is 18.3 Å². The van der Waals surface area contributed by atoms with Gasteiger partial charge in [-0.25, -0.2) is 9.07 Å². The van der Waals surface area contributed by atoms with Gasteiger partial charge in [0.2, 0.25) is 0 Å². The van der Waals surface area contributed by atoms with Crippen molar-refractivity contribution in [1.82, 2.24) is 25.3 Å². The molecule has 2 heterocycles. The lowest BCUT2D eigenvalue weighted by molar-refractivity contribution is 0.0940. The van der Waals surface area contributed by atoms with Crippen LogP contribution in [0, 0.1) is 5.82 Å². The molecule has 10 heteroatoms. The molecule has 0 saturated carbocycles. The molecule has 0 radical (unpaired) electrons. The molecule has 0 aliphatic carbocycles. The van der Waals surface area contributed by atoms with Crippen LogP contribution in [-0.4, -0.2) is 40.1 Å². The van der Waals surface area contributed by atoms with Gasteiger partial charge < -0.3 is 20.1 Å². The molecule has 0 aliphatic rings. The van der Waals surface area contributed by atoms with E-state index >= 15 is 0 Å². The zero-order valence-corrected chi connectivity index (χ0v) is 18.6. The van der Waals surface area contributed by atoms with Crippen LogP contribution in [0.2, 0.25) is 0 Å². The third kappa shape index (κ3) is 5.47. The maximum atomic E-state index is 13.2. The van der Waals surface area contributed by atoms with E-state index < -0.39 is 6.17 Å². The molecule has 0 spiro atoms. The molecule has 0 aliphatic heterocycles. The number of carbonyl (C=O) groups excluding carboxylic acids is 1.